The number of hydrogen-bond donors (Lipinski definition) is 2. The maximum absolute atomic E-state index is 13.4. The molecule has 6 rings (SSSR count). The zero-order valence-electron chi connectivity index (χ0n) is 22.6. The Morgan fingerprint density at radius 2 is 1.77 bits per heavy atom. The Balaban J connectivity index is 1.19. The number of hydrogen-bond acceptors (Lipinski definition) is 6. The highest BCUT2D eigenvalue weighted by Crippen LogP contribution is 2.58. The average Bonchev–Trinajstić information content (AvgIpc) is 3.33. The summed E-state index contributed by atoms with van der Waals surface area (Å²) in [7, 11) is 1.57. The van der Waals surface area contributed by atoms with Gasteiger partial charge in [0.25, 0.3) is 5.91 Å². The fraction of sp³-hybridized carbons (Fsp3) is 0.355. The van der Waals surface area contributed by atoms with Crippen LogP contribution in [-0.4, -0.2) is 51.3 Å². The van der Waals surface area contributed by atoms with Gasteiger partial charge in [-0.3, -0.25) is 9.59 Å². The minimum Gasteiger partial charge on any atom is -0.481 e. The van der Waals surface area contributed by atoms with E-state index in [1.165, 1.54) is 0 Å². The quantitative estimate of drug-likeness (QED) is 0.309. The molecule has 0 aliphatic heterocycles. The molecule has 40 heavy (non-hydrogen) atoms. The first kappa shape index (κ1) is 25.9. The lowest BCUT2D eigenvalue weighted by atomic mass is 9.50. The van der Waals surface area contributed by atoms with Gasteiger partial charge in [-0.2, -0.15) is 0 Å². The molecule has 1 spiro atoms. The second kappa shape index (κ2) is 10.3. The van der Waals surface area contributed by atoms with E-state index >= 15 is 0 Å². The third-order valence-corrected chi connectivity index (χ3v) is 8.27. The minimum absolute atomic E-state index is 0.0486. The lowest BCUT2D eigenvalue weighted by Crippen LogP contribution is -2.57. The number of nitrogens with one attached hydrogen (secondary N) is 1. The second-order valence-corrected chi connectivity index (χ2v) is 10.9. The highest BCUT2D eigenvalue weighted by Gasteiger charge is 2.55. The van der Waals surface area contributed by atoms with Gasteiger partial charge in [0.15, 0.2) is 0 Å². The van der Waals surface area contributed by atoms with E-state index < -0.39 is 5.97 Å². The third-order valence-electron chi connectivity index (χ3n) is 8.27. The van der Waals surface area contributed by atoms with Crippen LogP contribution in [0.15, 0.2) is 61.1 Å². The topological polar surface area (TPSA) is 116 Å². The molecule has 2 aliphatic carbocycles. The van der Waals surface area contributed by atoms with Crippen molar-refractivity contribution in [1.29, 1.82) is 0 Å². The molecular weight excluding hydrogens is 508 g/mol. The molecule has 0 bridgehead atoms. The zero-order chi connectivity index (χ0) is 27.9. The molecule has 9 heteroatoms. The van der Waals surface area contributed by atoms with Gasteiger partial charge in [0.05, 0.1) is 36.1 Å². The Morgan fingerprint density at radius 1 is 1.02 bits per heavy atom. The van der Waals surface area contributed by atoms with Crippen LogP contribution in [0.4, 0.5) is 0 Å². The Kier molecular flexibility index (Phi) is 6.65. The predicted molar refractivity (Wildman–Crippen MR) is 150 cm³/mol. The van der Waals surface area contributed by atoms with Crippen LogP contribution in [0.2, 0.25) is 0 Å². The van der Waals surface area contributed by atoms with Crippen molar-refractivity contribution < 1.29 is 24.2 Å². The smallest absolute Gasteiger partial charge is 0.306 e. The molecule has 0 saturated heterocycles. The fourth-order valence-electron chi connectivity index (χ4n) is 6.29. The van der Waals surface area contributed by atoms with Gasteiger partial charge in [0.2, 0.25) is 11.8 Å². The largest absolute Gasteiger partial charge is 0.481 e. The van der Waals surface area contributed by atoms with Crippen LogP contribution >= 0.6 is 0 Å². The number of ether oxygens (including phenoxy) is 2. The van der Waals surface area contributed by atoms with Crippen molar-refractivity contribution in [2.24, 2.45) is 11.3 Å². The van der Waals surface area contributed by atoms with Crippen molar-refractivity contribution in [2.45, 2.75) is 45.2 Å². The maximum atomic E-state index is 13.4. The normalized spacial score (nSPS) is 21.4. The summed E-state index contributed by atoms with van der Waals surface area (Å²) in [4.78, 5) is 33.3. The van der Waals surface area contributed by atoms with Crippen LogP contribution in [0.1, 0.15) is 48.5 Å². The van der Waals surface area contributed by atoms with E-state index in [4.69, 9.17) is 9.47 Å². The number of carbonyl (C=O) groups excluding carboxylic acids is 1. The molecule has 0 unspecified atom stereocenters. The lowest BCUT2D eigenvalue weighted by molar-refractivity contribution is -0.155. The number of aromatic nitrogens is 3. The van der Waals surface area contributed by atoms with Crippen LogP contribution in [0.25, 0.3) is 22.0 Å². The molecule has 2 N–H and O–H groups in total. The molecule has 3 aromatic heterocycles. The number of carboxylic acid groups (broad SMARTS) is 1. The Hall–Kier alpha value is -4.40. The summed E-state index contributed by atoms with van der Waals surface area (Å²) in [5.41, 5.74) is 4.50. The third kappa shape index (κ3) is 4.76. The SMILES string of the molecule is CCOc1ccc(-c2ccc(Cn3ccc4c(OC)ncc(C(=O)NC5CC6(C5)CC(C(=O)O)C6)c43)cc2)cn1. The molecule has 0 atom stereocenters. The number of methoxy groups -OCH3 is 1. The van der Waals surface area contributed by atoms with E-state index in [1.807, 2.05) is 42.1 Å². The van der Waals surface area contributed by atoms with Gasteiger partial charge in [-0.15, -0.1) is 0 Å². The molecule has 1 aromatic carbocycles. The number of benzene rings is 1. The number of rotatable bonds is 9. The van der Waals surface area contributed by atoms with Gasteiger partial charge in [0.1, 0.15) is 0 Å². The van der Waals surface area contributed by atoms with Gasteiger partial charge in [-0.25, -0.2) is 9.97 Å². The number of amides is 1. The molecule has 2 aliphatic rings. The number of nitrogens with zero attached hydrogens (tertiary/aromatic N) is 3. The maximum Gasteiger partial charge on any atom is 0.306 e. The van der Waals surface area contributed by atoms with E-state index in [2.05, 4.69) is 39.6 Å². The molecule has 206 valence electrons. The van der Waals surface area contributed by atoms with Crippen LogP contribution in [0.3, 0.4) is 0 Å². The summed E-state index contributed by atoms with van der Waals surface area (Å²) in [6, 6.07) is 14.1. The Labute approximate surface area is 232 Å². The van der Waals surface area contributed by atoms with Crippen LogP contribution in [0.5, 0.6) is 11.8 Å². The molecule has 2 saturated carbocycles. The molecule has 3 heterocycles. The summed E-state index contributed by atoms with van der Waals surface area (Å²) in [6.07, 6.45) is 8.41. The monoisotopic (exact) mass is 540 g/mol. The minimum atomic E-state index is -0.714. The number of pyridine rings is 2. The standard InChI is InChI=1S/C31H32N4O5/c1-3-40-26-9-8-21(16-32-26)20-6-4-19(5-7-20)18-35-11-10-24-27(35)25(17-33-29(24)39-2)28(36)34-23-14-31(15-23)12-22(13-31)30(37)38/h4-11,16-17,22-23H,3,12-15,18H2,1-2H3,(H,34,36)(H,37,38). The van der Waals surface area contributed by atoms with E-state index in [9.17, 15) is 14.7 Å². The summed E-state index contributed by atoms with van der Waals surface area (Å²) in [5.74, 6) is -0.0444. The van der Waals surface area contributed by atoms with Crippen molar-refractivity contribution in [3.63, 3.8) is 0 Å². The Bertz CT molecular complexity index is 1550. The van der Waals surface area contributed by atoms with Crippen molar-refractivity contribution in [3.8, 4) is 22.9 Å². The average molecular weight is 541 g/mol. The van der Waals surface area contributed by atoms with Gasteiger partial charge in [-0.1, -0.05) is 24.3 Å². The Morgan fingerprint density at radius 3 is 2.42 bits per heavy atom. The number of aliphatic carboxylic acids is 1. The van der Waals surface area contributed by atoms with Crippen LogP contribution in [0, 0.1) is 11.3 Å². The summed E-state index contributed by atoms with van der Waals surface area (Å²) < 4.78 is 13.0. The molecule has 0 radical (unpaired) electrons. The van der Waals surface area contributed by atoms with Gasteiger partial charge < -0.3 is 24.5 Å². The van der Waals surface area contributed by atoms with Crippen molar-refractivity contribution in [2.75, 3.05) is 13.7 Å². The summed E-state index contributed by atoms with van der Waals surface area (Å²) in [5, 5.41) is 13.1. The number of fused-ring (bicyclic) bond motifs is 1. The first-order chi connectivity index (χ1) is 19.4. The van der Waals surface area contributed by atoms with E-state index in [-0.39, 0.29) is 23.3 Å². The first-order valence-electron chi connectivity index (χ1n) is 13.6. The highest BCUT2D eigenvalue weighted by molar-refractivity contribution is 6.07. The summed E-state index contributed by atoms with van der Waals surface area (Å²) >= 11 is 0. The van der Waals surface area contributed by atoms with E-state index in [0.29, 0.717) is 43.3 Å². The van der Waals surface area contributed by atoms with Crippen molar-refractivity contribution in [3.05, 3.63) is 72.2 Å². The van der Waals surface area contributed by atoms with E-state index in [0.717, 1.165) is 40.4 Å². The second-order valence-electron chi connectivity index (χ2n) is 10.9. The highest BCUT2D eigenvalue weighted by atomic mass is 16.5. The van der Waals surface area contributed by atoms with Gasteiger partial charge in [-0.05, 0) is 61.3 Å². The van der Waals surface area contributed by atoms with Crippen molar-refractivity contribution in [1.82, 2.24) is 19.9 Å². The lowest BCUT2D eigenvalue weighted by Gasteiger charge is -2.56. The van der Waals surface area contributed by atoms with Gasteiger partial charge >= 0.3 is 5.97 Å². The zero-order valence-corrected chi connectivity index (χ0v) is 22.6. The summed E-state index contributed by atoms with van der Waals surface area (Å²) in [6.45, 7) is 3.08. The molecule has 4 aromatic rings. The number of carboxylic acids is 1. The van der Waals surface area contributed by atoms with Gasteiger partial charge in [0, 0.05) is 42.8 Å². The molecular formula is C31H32N4O5. The van der Waals surface area contributed by atoms with Crippen LogP contribution in [-0.2, 0) is 11.3 Å². The number of carbonyl (C=O) groups is 2. The molecule has 1 amide bonds. The molecule has 2 fully saturated rings. The molecule has 9 nitrogen and oxygen atoms in total. The van der Waals surface area contributed by atoms with Crippen molar-refractivity contribution >= 4 is 22.8 Å². The van der Waals surface area contributed by atoms with E-state index in [1.54, 1.807) is 13.3 Å². The van der Waals surface area contributed by atoms with Crippen LogP contribution < -0.4 is 14.8 Å². The first-order valence-corrected chi connectivity index (χ1v) is 13.6. The predicted octanol–water partition coefficient (Wildman–Crippen LogP) is 4.93. The fourth-order valence-corrected chi connectivity index (χ4v) is 6.29.